The lowest BCUT2D eigenvalue weighted by atomic mass is 9.83. The van der Waals surface area contributed by atoms with E-state index in [1.165, 1.54) is 19.3 Å². The molecule has 0 aliphatic rings. The molecule has 0 bridgehead atoms. The van der Waals surface area contributed by atoms with Crippen LogP contribution in [0.2, 0.25) is 0 Å². The zero-order valence-corrected chi connectivity index (χ0v) is 9.65. The summed E-state index contributed by atoms with van der Waals surface area (Å²) >= 11 is 0. The van der Waals surface area contributed by atoms with Gasteiger partial charge in [-0.25, -0.2) is 0 Å². The van der Waals surface area contributed by atoms with Gasteiger partial charge in [0.25, 0.3) is 0 Å². The number of rotatable bonds is 8. The van der Waals surface area contributed by atoms with Crippen LogP contribution in [0.3, 0.4) is 0 Å². The van der Waals surface area contributed by atoms with Crippen molar-refractivity contribution in [2.24, 2.45) is 5.41 Å². The lowest BCUT2D eigenvalue weighted by Crippen LogP contribution is -2.31. The van der Waals surface area contributed by atoms with Gasteiger partial charge >= 0.3 is 0 Å². The summed E-state index contributed by atoms with van der Waals surface area (Å²) in [7, 11) is 1.77. The summed E-state index contributed by atoms with van der Waals surface area (Å²) in [6.45, 7) is 9.87. The first-order valence-electron chi connectivity index (χ1n) is 5.38. The molecule has 80 valence electrons. The molecule has 2 heteroatoms. The zero-order chi connectivity index (χ0) is 10.2. The Labute approximate surface area is 83.1 Å². The van der Waals surface area contributed by atoms with Crippen LogP contribution >= 0.6 is 0 Å². The molecule has 0 aromatic rings. The van der Waals surface area contributed by atoms with Crippen LogP contribution < -0.4 is 5.32 Å². The quantitative estimate of drug-likeness (QED) is 0.589. The molecule has 0 saturated carbocycles. The van der Waals surface area contributed by atoms with Crippen LogP contribution in [0.25, 0.3) is 0 Å². The Hall–Kier alpha value is -0.0800. The van der Waals surface area contributed by atoms with Crippen molar-refractivity contribution in [3.8, 4) is 0 Å². The highest BCUT2D eigenvalue weighted by molar-refractivity contribution is 4.74. The molecule has 13 heavy (non-hydrogen) atoms. The van der Waals surface area contributed by atoms with Crippen molar-refractivity contribution in [3.63, 3.8) is 0 Å². The number of hydrogen-bond donors (Lipinski definition) is 1. The van der Waals surface area contributed by atoms with E-state index in [4.69, 9.17) is 4.74 Å². The molecular weight excluding hydrogens is 162 g/mol. The third kappa shape index (κ3) is 6.05. The van der Waals surface area contributed by atoms with E-state index in [1.807, 2.05) is 0 Å². The van der Waals surface area contributed by atoms with Crippen molar-refractivity contribution in [2.75, 3.05) is 26.8 Å². The van der Waals surface area contributed by atoms with Crippen LogP contribution in [-0.4, -0.2) is 26.8 Å². The fourth-order valence-electron chi connectivity index (χ4n) is 1.46. The van der Waals surface area contributed by atoms with Gasteiger partial charge in [0.1, 0.15) is 0 Å². The first kappa shape index (κ1) is 12.9. The molecule has 0 rings (SSSR count). The van der Waals surface area contributed by atoms with Gasteiger partial charge < -0.3 is 10.1 Å². The monoisotopic (exact) mass is 187 g/mol. The van der Waals surface area contributed by atoms with Gasteiger partial charge in [-0.3, -0.25) is 0 Å². The predicted molar refractivity (Wildman–Crippen MR) is 58.1 cm³/mol. The maximum absolute atomic E-state index is 5.07. The van der Waals surface area contributed by atoms with Gasteiger partial charge in [-0.15, -0.1) is 0 Å². The lowest BCUT2D eigenvalue weighted by molar-refractivity contribution is 0.167. The molecule has 0 aromatic carbocycles. The van der Waals surface area contributed by atoms with Crippen molar-refractivity contribution < 1.29 is 4.74 Å². The highest BCUT2D eigenvalue weighted by Gasteiger charge is 2.20. The smallest absolute Gasteiger partial charge is 0.0462 e. The third-order valence-electron chi connectivity index (χ3n) is 2.78. The van der Waals surface area contributed by atoms with Crippen molar-refractivity contribution >= 4 is 0 Å². The molecule has 0 amide bonds. The lowest BCUT2D eigenvalue weighted by Gasteiger charge is -2.28. The van der Waals surface area contributed by atoms with E-state index in [1.54, 1.807) is 7.11 Å². The molecular formula is C11H25NO. The Kier molecular flexibility index (Phi) is 7.29. The SMILES string of the molecule is CCNCC(C)(CC)CCCOC. The number of methoxy groups -OCH3 is 1. The normalized spacial score (nSPS) is 15.7. The topological polar surface area (TPSA) is 21.3 Å². The Bertz CT molecular complexity index is 117. The maximum Gasteiger partial charge on any atom is 0.0462 e. The van der Waals surface area contributed by atoms with E-state index in [0.29, 0.717) is 5.41 Å². The van der Waals surface area contributed by atoms with Gasteiger partial charge in [0.05, 0.1) is 0 Å². The van der Waals surface area contributed by atoms with Crippen molar-refractivity contribution in [2.45, 2.75) is 40.0 Å². The Morgan fingerprint density at radius 1 is 1.31 bits per heavy atom. The predicted octanol–water partition coefficient (Wildman–Crippen LogP) is 2.44. The van der Waals surface area contributed by atoms with Crippen LogP contribution in [-0.2, 0) is 4.74 Å². The van der Waals surface area contributed by atoms with Gasteiger partial charge in [-0.2, -0.15) is 0 Å². The van der Waals surface area contributed by atoms with Crippen molar-refractivity contribution in [1.82, 2.24) is 5.32 Å². The molecule has 1 unspecified atom stereocenters. The second-order valence-corrected chi connectivity index (χ2v) is 4.04. The number of nitrogens with one attached hydrogen (secondary N) is 1. The fourth-order valence-corrected chi connectivity index (χ4v) is 1.46. The van der Waals surface area contributed by atoms with Gasteiger partial charge in [-0.1, -0.05) is 20.8 Å². The summed E-state index contributed by atoms with van der Waals surface area (Å²) in [6.07, 6.45) is 3.67. The van der Waals surface area contributed by atoms with Crippen LogP contribution in [0.1, 0.15) is 40.0 Å². The van der Waals surface area contributed by atoms with Gasteiger partial charge in [0, 0.05) is 20.3 Å². The molecule has 0 aliphatic heterocycles. The van der Waals surface area contributed by atoms with Gasteiger partial charge in [-0.05, 0) is 31.2 Å². The minimum absolute atomic E-state index is 0.453. The summed E-state index contributed by atoms with van der Waals surface area (Å²) in [5, 5.41) is 3.43. The summed E-state index contributed by atoms with van der Waals surface area (Å²) < 4.78 is 5.07. The molecule has 0 saturated heterocycles. The molecule has 0 fully saturated rings. The van der Waals surface area contributed by atoms with Gasteiger partial charge in [0.2, 0.25) is 0 Å². The van der Waals surface area contributed by atoms with E-state index >= 15 is 0 Å². The summed E-state index contributed by atoms with van der Waals surface area (Å²) in [4.78, 5) is 0. The van der Waals surface area contributed by atoms with E-state index < -0.39 is 0 Å². The number of hydrogen-bond acceptors (Lipinski definition) is 2. The minimum Gasteiger partial charge on any atom is -0.385 e. The van der Waals surface area contributed by atoms with E-state index in [2.05, 4.69) is 26.1 Å². The third-order valence-corrected chi connectivity index (χ3v) is 2.78. The van der Waals surface area contributed by atoms with E-state index in [-0.39, 0.29) is 0 Å². The second-order valence-electron chi connectivity index (χ2n) is 4.04. The van der Waals surface area contributed by atoms with Crippen LogP contribution in [0, 0.1) is 5.41 Å². The average Bonchev–Trinajstić information content (AvgIpc) is 2.15. The van der Waals surface area contributed by atoms with Crippen molar-refractivity contribution in [1.29, 1.82) is 0 Å². The zero-order valence-electron chi connectivity index (χ0n) is 9.65. The average molecular weight is 187 g/mol. The van der Waals surface area contributed by atoms with E-state index in [0.717, 1.165) is 19.7 Å². The van der Waals surface area contributed by atoms with E-state index in [9.17, 15) is 0 Å². The fraction of sp³-hybridized carbons (Fsp3) is 1.00. The first-order valence-corrected chi connectivity index (χ1v) is 5.38. The summed E-state index contributed by atoms with van der Waals surface area (Å²) in [5.74, 6) is 0. The highest BCUT2D eigenvalue weighted by Crippen LogP contribution is 2.26. The Balaban J connectivity index is 3.67. The molecule has 1 N–H and O–H groups in total. The minimum atomic E-state index is 0.453. The molecule has 0 heterocycles. The Morgan fingerprint density at radius 3 is 2.46 bits per heavy atom. The first-order chi connectivity index (χ1) is 6.18. The largest absolute Gasteiger partial charge is 0.385 e. The Morgan fingerprint density at radius 2 is 2.00 bits per heavy atom. The molecule has 1 atom stereocenters. The maximum atomic E-state index is 5.07. The molecule has 2 nitrogen and oxygen atoms in total. The summed E-state index contributed by atoms with van der Waals surface area (Å²) in [5.41, 5.74) is 0.453. The van der Waals surface area contributed by atoms with Crippen molar-refractivity contribution in [3.05, 3.63) is 0 Å². The highest BCUT2D eigenvalue weighted by atomic mass is 16.5. The van der Waals surface area contributed by atoms with Gasteiger partial charge in [0.15, 0.2) is 0 Å². The number of ether oxygens (including phenoxy) is 1. The molecule has 0 spiro atoms. The standard InChI is InChI=1S/C11H25NO/c1-5-11(3,10-12-6-2)8-7-9-13-4/h12H,5-10H2,1-4H3. The molecule has 0 aliphatic carbocycles. The van der Waals surface area contributed by atoms with Crippen LogP contribution in [0.4, 0.5) is 0 Å². The second kappa shape index (κ2) is 7.34. The molecule has 0 radical (unpaired) electrons. The summed E-state index contributed by atoms with van der Waals surface area (Å²) in [6, 6.07) is 0. The van der Waals surface area contributed by atoms with Crippen LogP contribution in [0.5, 0.6) is 0 Å². The molecule has 0 aromatic heterocycles. The van der Waals surface area contributed by atoms with Crippen LogP contribution in [0.15, 0.2) is 0 Å².